The molecule has 0 spiro atoms. The van der Waals surface area contributed by atoms with Crippen LogP contribution in [-0.2, 0) is 14.8 Å². The first kappa shape index (κ1) is 21.5. The van der Waals surface area contributed by atoms with Crippen LogP contribution in [0.15, 0.2) is 59.5 Å². The van der Waals surface area contributed by atoms with Gasteiger partial charge in [-0.2, -0.15) is 4.31 Å². The monoisotopic (exact) mass is 400 g/mol. The Morgan fingerprint density at radius 1 is 1.00 bits per heavy atom. The summed E-state index contributed by atoms with van der Waals surface area (Å²) in [7, 11) is -3.50. The van der Waals surface area contributed by atoms with Crippen LogP contribution in [0.5, 0.6) is 0 Å². The van der Waals surface area contributed by atoms with Gasteiger partial charge < -0.3 is 5.32 Å². The lowest BCUT2D eigenvalue weighted by Gasteiger charge is -2.18. The van der Waals surface area contributed by atoms with Crippen LogP contribution in [0.3, 0.4) is 0 Å². The lowest BCUT2D eigenvalue weighted by molar-refractivity contribution is -0.111. The molecule has 0 aliphatic heterocycles. The molecule has 0 bridgehead atoms. The molecular weight excluding hydrogens is 376 g/mol. The molecule has 0 aliphatic rings. The number of rotatable bonds is 8. The molecule has 2 rings (SSSR count). The van der Waals surface area contributed by atoms with Crippen LogP contribution in [0.1, 0.15) is 36.7 Å². The zero-order valence-electron chi connectivity index (χ0n) is 16.2. The van der Waals surface area contributed by atoms with Crippen molar-refractivity contribution in [1.29, 1.82) is 0 Å². The molecule has 0 heterocycles. The summed E-state index contributed by atoms with van der Waals surface area (Å²) in [6.45, 7) is 5.83. The molecule has 7 heteroatoms. The molecule has 0 aliphatic carbocycles. The normalized spacial score (nSPS) is 11.7. The summed E-state index contributed by atoms with van der Waals surface area (Å²) >= 11 is 0. The molecule has 6 nitrogen and oxygen atoms in total. The first-order valence-corrected chi connectivity index (χ1v) is 10.4. The topological polar surface area (TPSA) is 83.6 Å². The summed E-state index contributed by atoms with van der Waals surface area (Å²) in [5, 5.41) is 2.68. The van der Waals surface area contributed by atoms with Crippen molar-refractivity contribution in [1.82, 2.24) is 4.31 Å². The lowest BCUT2D eigenvalue weighted by atomic mass is 10.1. The highest BCUT2D eigenvalue weighted by Crippen LogP contribution is 2.18. The smallest absolute Gasteiger partial charge is 0.248 e. The molecule has 28 heavy (non-hydrogen) atoms. The maximum absolute atomic E-state index is 12.5. The van der Waals surface area contributed by atoms with Gasteiger partial charge in [-0.15, -0.1) is 0 Å². The number of carbonyl (C=O) groups is 2. The predicted octanol–water partition coefficient (Wildman–Crippen LogP) is 3.57. The van der Waals surface area contributed by atoms with Gasteiger partial charge in [0.2, 0.25) is 15.9 Å². The Hall–Kier alpha value is -2.77. The molecule has 1 N–H and O–H groups in total. The van der Waals surface area contributed by atoms with Crippen LogP contribution in [0.2, 0.25) is 0 Å². The minimum atomic E-state index is -3.50. The van der Waals surface area contributed by atoms with Crippen LogP contribution in [0.25, 0.3) is 6.08 Å². The number of hydrogen-bond donors (Lipinski definition) is 1. The molecule has 0 atom stereocenters. The highest BCUT2D eigenvalue weighted by Gasteiger charge is 2.20. The van der Waals surface area contributed by atoms with Gasteiger partial charge in [-0.3, -0.25) is 9.59 Å². The fourth-order valence-corrected chi connectivity index (χ4v) is 4.17. The summed E-state index contributed by atoms with van der Waals surface area (Å²) in [6.07, 6.45) is 2.92. The SMILES string of the molecule is CCN(CC)S(=O)(=O)c1ccc(/C=C/C(=O)Nc2ccccc2C(C)=O)cc1. The van der Waals surface area contributed by atoms with E-state index in [0.29, 0.717) is 29.9 Å². The number of anilines is 1. The number of hydrogen-bond acceptors (Lipinski definition) is 4. The summed E-state index contributed by atoms with van der Waals surface area (Å²) < 4.78 is 26.3. The Labute approximate surface area is 165 Å². The minimum Gasteiger partial charge on any atom is -0.322 e. The number of nitrogens with zero attached hydrogens (tertiary/aromatic N) is 1. The highest BCUT2D eigenvalue weighted by atomic mass is 32.2. The van der Waals surface area contributed by atoms with Gasteiger partial charge in [0, 0.05) is 24.7 Å². The summed E-state index contributed by atoms with van der Waals surface area (Å²) in [5.74, 6) is -0.515. The first-order valence-electron chi connectivity index (χ1n) is 8.98. The second kappa shape index (κ2) is 9.43. The van der Waals surface area contributed by atoms with Crippen LogP contribution < -0.4 is 5.32 Å². The van der Waals surface area contributed by atoms with E-state index in [1.165, 1.54) is 29.4 Å². The standard InChI is InChI=1S/C21H24N2O4S/c1-4-23(5-2)28(26,27)18-13-10-17(11-14-18)12-15-21(25)22-20-9-7-6-8-19(20)16(3)24/h6-15H,4-5H2,1-3H3,(H,22,25)/b15-12+. The fourth-order valence-electron chi connectivity index (χ4n) is 2.71. The molecule has 0 unspecified atom stereocenters. The van der Waals surface area contributed by atoms with Crippen molar-refractivity contribution in [3.63, 3.8) is 0 Å². The minimum absolute atomic E-state index is 0.134. The van der Waals surface area contributed by atoms with Crippen molar-refractivity contribution in [2.45, 2.75) is 25.7 Å². The van der Waals surface area contributed by atoms with Crippen molar-refractivity contribution in [2.24, 2.45) is 0 Å². The largest absolute Gasteiger partial charge is 0.322 e. The van der Waals surface area contributed by atoms with Crippen molar-refractivity contribution >= 4 is 33.5 Å². The number of para-hydroxylation sites is 1. The molecule has 0 fully saturated rings. The molecule has 0 saturated carbocycles. The Morgan fingerprint density at radius 2 is 1.61 bits per heavy atom. The quantitative estimate of drug-likeness (QED) is 0.542. The van der Waals surface area contributed by atoms with Crippen LogP contribution in [0.4, 0.5) is 5.69 Å². The summed E-state index contributed by atoms with van der Waals surface area (Å²) in [4.78, 5) is 24.0. The predicted molar refractivity (Wildman–Crippen MR) is 111 cm³/mol. The second-order valence-electron chi connectivity index (χ2n) is 6.08. The fraction of sp³-hybridized carbons (Fsp3) is 0.238. The third kappa shape index (κ3) is 5.15. The highest BCUT2D eigenvalue weighted by molar-refractivity contribution is 7.89. The van der Waals surface area contributed by atoms with Gasteiger partial charge in [0.15, 0.2) is 5.78 Å². The van der Waals surface area contributed by atoms with Crippen molar-refractivity contribution in [3.8, 4) is 0 Å². The van der Waals surface area contributed by atoms with E-state index in [4.69, 9.17) is 0 Å². The molecule has 148 valence electrons. The number of benzene rings is 2. The maximum atomic E-state index is 12.5. The molecule has 0 aromatic heterocycles. The van der Waals surface area contributed by atoms with E-state index in [2.05, 4.69) is 5.32 Å². The van der Waals surface area contributed by atoms with Crippen molar-refractivity contribution in [3.05, 3.63) is 65.7 Å². The van der Waals surface area contributed by atoms with E-state index in [1.807, 2.05) is 0 Å². The Balaban J connectivity index is 2.11. The summed E-state index contributed by atoms with van der Waals surface area (Å²) in [5.41, 5.74) is 1.58. The zero-order valence-corrected chi connectivity index (χ0v) is 17.0. The molecular formula is C21H24N2O4S. The van der Waals surface area contributed by atoms with Gasteiger partial charge >= 0.3 is 0 Å². The molecule has 2 aromatic rings. The first-order chi connectivity index (χ1) is 13.3. The van der Waals surface area contributed by atoms with Gasteiger partial charge in [-0.1, -0.05) is 38.1 Å². The average molecular weight is 401 g/mol. The Bertz CT molecular complexity index is 976. The van der Waals surface area contributed by atoms with Gasteiger partial charge in [0.1, 0.15) is 0 Å². The number of nitrogens with one attached hydrogen (secondary N) is 1. The molecule has 0 radical (unpaired) electrons. The number of carbonyl (C=O) groups excluding carboxylic acids is 2. The van der Waals surface area contributed by atoms with Crippen LogP contribution in [0, 0.1) is 0 Å². The third-order valence-corrected chi connectivity index (χ3v) is 6.28. The average Bonchev–Trinajstić information content (AvgIpc) is 2.67. The molecule has 0 saturated heterocycles. The van der Waals surface area contributed by atoms with E-state index < -0.39 is 10.0 Å². The van der Waals surface area contributed by atoms with Gasteiger partial charge in [-0.25, -0.2) is 8.42 Å². The van der Waals surface area contributed by atoms with E-state index in [9.17, 15) is 18.0 Å². The number of amides is 1. The van der Waals surface area contributed by atoms with E-state index in [-0.39, 0.29) is 16.6 Å². The Kier molecular flexibility index (Phi) is 7.25. The number of sulfonamides is 1. The third-order valence-electron chi connectivity index (χ3n) is 4.21. The summed E-state index contributed by atoms with van der Waals surface area (Å²) in [6, 6.07) is 13.1. The molecule has 2 aromatic carbocycles. The van der Waals surface area contributed by atoms with Gasteiger partial charge in [0.05, 0.1) is 10.6 Å². The van der Waals surface area contributed by atoms with Crippen LogP contribution in [-0.4, -0.2) is 37.5 Å². The van der Waals surface area contributed by atoms with E-state index in [1.54, 1.807) is 56.3 Å². The molecule has 1 amide bonds. The zero-order chi connectivity index (χ0) is 20.7. The van der Waals surface area contributed by atoms with E-state index in [0.717, 1.165) is 0 Å². The van der Waals surface area contributed by atoms with E-state index >= 15 is 0 Å². The van der Waals surface area contributed by atoms with Gasteiger partial charge in [0.25, 0.3) is 0 Å². The van der Waals surface area contributed by atoms with Crippen molar-refractivity contribution in [2.75, 3.05) is 18.4 Å². The Morgan fingerprint density at radius 3 is 2.18 bits per heavy atom. The number of ketones is 1. The van der Waals surface area contributed by atoms with Crippen molar-refractivity contribution < 1.29 is 18.0 Å². The lowest BCUT2D eigenvalue weighted by Crippen LogP contribution is -2.30. The second-order valence-corrected chi connectivity index (χ2v) is 8.02. The van der Waals surface area contributed by atoms with Gasteiger partial charge in [-0.05, 0) is 42.8 Å². The number of Topliss-reactive ketones (excluding diaryl/α,β-unsaturated/α-hetero) is 1. The maximum Gasteiger partial charge on any atom is 0.248 e. The van der Waals surface area contributed by atoms with Crippen LogP contribution >= 0.6 is 0 Å².